The molecule has 214 valence electrons. The van der Waals surface area contributed by atoms with Gasteiger partial charge in [0.2, 0.25) is 0 Å². The molecule has 5 nitrogen and oxygen atoms in total. The fourth-order valence-corrected chi connectivity index (χ4v) is 7.63. The molecule has 0 spiro atoms. The second kappa shape index (κ2) is 12.5. The number of nitrogens with zero attached hydrogens (tertiary/aromatic N) is 3. The average molecular weight is 564 g/mol. The van der Waals surface area contributed by atoms with Crippen molar-refractivity contribution < 1.29 is 14.3 Å². The van der Waals surface area contributed by atoms with Crippen LogP contribution in [0.25, 0.3) is 0 Å². The first-order chi connectivity index (χ1) is 19.1. The SMILES string of the molecule is CC(C)(C)C[C@H](C(=O)O)N1C[C@H](CN2CCC(c3cnc(Cc4ccccc4)s3)CC2)[C@@H](c2cccc(F)c2)C1. The van der Waals surface area contributed by atoms with E-state index in [0.717, 1.165) is 51.0 Å². The van der Waals surface area contributed by atoms with Crippen molar-refractivity contribution in [1.29, 1.82) is 0 Å². The van der Waals surface area contributed by atoms with Gasteiger partial charge in [0.05, 0.1) is 5.01 Å². The summed E-state index contributed by atoms with van der Waals surface area (Å²) < 4.78 is 14.2. The van der Waals surface area contributed by atoms with Crippen LogP contribution in [0.1, 0.15) is 72.9 Å². The van der Waals surface area contributed by atoms with Gasteiger partial charge in [-0.3, -0.25) is 9.69 Å². The van der Waals surface area contributed by atoms with Crippen LogP contribution in [0.4, 0.5) is 4.39 Å². The molecule has 40 heavy (non-hydrogen) atoms. The van der Waals surface area contributed by atoms with E-state index in [-0.39, 0.29) is 23.1 Å². The molecule has 0 saturated carbocycles. The fourth-order valence-electron chi connectivity index (χ4n) is 6.51. The van der Waals surface area contributed by atoms with Gasteiger partial charge in [-0.25, -0.2) is 9.37 Å². The molecule has 0 unspecified atom stereocenters. The van der Waals surface area contributed by atoms with E-state index < -0.39 is 12.0 Å². The Morgan fingerprint density at radius 3 is 2.52 bits per heavy atom. The van der Waals surface area contributed by atoms with E-state index in [0.29, 0.717) is 18.9 Å². The molecular formula is C33H42FN3O2S. The summed E-state index contributed by atoms with van der Waals surface area (Å²) in [4.78, 5) is 23.1. The Kier molecular flexibility index (Phi) is 9.03. The van der Waals surface area contributed by atoms with Gasteiger partial charge in [-0.1, -0.05) is 63.2 Å². The van der Waals surface area contributed by atoms with E-state index in [9.17, 15) is 14.3 Å². The van der Waals surface area contributed by atoms with Crippen LogP contribution in [-0.2, 0) is 11.2 Å². The lowest BCUT2D eigenvalue weighted by Crippen LogP contribution is -2.43. The zero-order valence-electron chi connectivity index (χ0n) is 23.9. The number of aliphatic carboxylic acids is 1. The minimum atomic E-state index is -0.759. The average Bonchev–Trinajstić information content (AvgIpc) is 3.55. The van der Waals surface area contributed by atoms with Gasteiger partial charge >= 0.3 is 5.97 Å². The molecular weight excluding hydrogens is 521 g/mol. The number of benzene rings is 2. The summed E-state index contributed by atoms with van der Waals surface area (Å²) in [7, 11) is 0. The molecule has 7 heteroatoms. The van der Waals surface area contributed by atoms with Gasteiger partial charge in [-0.05, 0) is 72.9 Å². The Morgan fingerprint density at radius 1 is 1.10 bits per heavy atom. The first-order valence-electron chi connectivity index (χ1n) is 14.6. The van der Waals surface area contributed by atoms with E-state index in [1.165, 1.54) is 21.5 Å². The highest BCUT2D eigenvalue weighted by atomic mass is 32.1. The molecule has 2 aliphatic heterocycles. The highest BCUT2D eigenvalue weighted by Crippen LogP contribution is 2.38. The molecule has 2 aromatic carbocycles. The summed E-state index contributed by atoms with van der Waals surface area (Å²) in [5, 5.41) is 11.3. The number of likely N-dealkylation sites (tertiary alicyclic amines) is 2. The monoisotopic (exact) mass is 563 g/mol. The Hall–Kier alpha value is -2.61. The van der Waals surface area contributed by atoms with Gasteiger partial charge in [-0.2, -0.15) is 0 Å². The molecule has 3 heterocycles. The maximum atomic E-state index is 14.2. The molecule has 2 saturated heterocycles. The topological polar surface area (TPSA) is 56.7 Å². The standard InChI is InChI=1S/C33H42FN3O2S/c1-33(2,3)18-29(32(38)39)37-21-26(28(22-37)25-10-7-11-27(34)17-25)20-36-14-12-24(13-15-36)30-19-35-31(40-30)16-23-8-5-4-6-9-23/h4-11,17,19,24,26,28-29H,12-16,18,20-22H2,1-3H3,(H,38,39)/t26-,28+,29+/m0/s1. The maximum absolute atomic E-state index is 14.2. The Labute approximate surface area is 242 Å². The zero-order valence-corrected chi connectivity index (χ0v) is 24.7. The Bertz CT molecular complexity index is 1270. The summed E-state index contributed by atoms with van der Waals surface area (Å²) in [5.74, 6) is -0.0550. The lowest BCUT2D eigenvalue weighted by Gasteiger charge is -2.34. The predicted octanol–water partition coefficient (Wildman–Crippen LogP) is 6.66. The third-order valence-corrected chi connectivity index (χ3v) is 9.69. The van der Waals surface area contributed by atoms with Gasteiger partial charge < -0.3 is 10.0 Å². The van der Waals surface area contributed by atoms with Crippen molar-refractivity contribution in [3.8, 4) is 0 Å². The quantitative estimate of drug-likeness (QED) is 0.316. The number of carboxylic acid groups (broad SMARTS) is 1. The number of piperidine rings is 1. The Balaban J connectivity index is 1.23. The Morgan fingerprint density at radius 2 is 1.85 bits per heavy atom. The molecule has 0 radical (unpaired) electrons. The maximum Gasteiger partial charge on any atom is 0.320 e. The minimum Gasteiger partial charge on any atom is -0.480 e. The molecule has 1 N–H and O–H groups in total. The van der Waals surface area contributed by atoms with Crippen molar-refractivity contribution in [2.24, 2.45) is 11.3 Å². The number of thiazole rings is 1. The number of hydrogen-bond donors (Lipinski definition) is 1. The second-order valence-electron chi connectivity index (χ2n) is 12.9. The zero-order chi connectivity index (χ0) is 28.3. The highest BCUT2D eigenvalue weighted by molar-refractivity contribution is 7.11. The summed E-state index contributed by atoms with van der Waals surface area (Å²) in [6, 6.07) is 16.9. The summed E-state index contributed by atoms with van der Waals surface area (Å²) in [6.07, 6.45) is 5.78. The van der Waals surface area contributed by atoms with E-state index in [1.807, 2.05) is 23.5 Å². The molecule has 5 rings (SSSR count). The van der Waals surface area contributed by atoms with E-state index in [1.54, 1.807) is 12.1 Å². The third kappa shape index (κ3) is 7.36. The van der Waals surface area contributed by atoms with Crippen LogP contribution in [0.15, 0.2) is 60.8 Å². The predicted molar refractivity (Wildman–Crippen MR) is 159 cm³/mol. The molecule has 0 amide bonds. The van der Waals surface area contributed by atoms with Crippen LogP contribution in [0, 0.1) is 17.2 Å². The van der Waals surface area contributed by atoms with Gasteiger partial charge in [-0.15, -0.1) is 11.3 Å². The number of halogens is 1. The number of aromatic nitrogens is 1. The van der Waals surface area contributed by atoms with E-state index in [2.05, 4.69) is 61.0 Å². The van der Waals surface area contributed by atoms with Gasteiger partial charge in [0, 0.05) is 43.0 Å². The minimum absolute atomic E-state index is 0.0883. The number of carbonyl (C=O) groups is 1. The molecule has 1 aromatic heterocycles. The van der Waals surface area contributed by atoms with Crippen LogP contribution in [-0.4, -0.2) is 64.6 Å². The molecule has 2 fully saturated rings. The summed E-state index contributed by atoms with van der Waals surface area (Å²) >= 11 is 1.85. The third-order valence-electron chi connectivity index (χ3n) is 8.53. The lowest BCUT2D eigenvalue weighted by atomic mass is 9.87. The highest BCUT2D eigenvalue weighted by Gasteiger charge is 2.41. The fraction of sp³-hybridized carbons (Fsp3) is 0.515. The summed E-state index contributed by atoms with van der Waals surface area (Å²) in [6.45, 7) is 10.6. The van der Waals surface area contributed by atoms with Crippen molar-refractivity contribution in [1.82, 2.24) is 14.8 Å². The second-order valence-corrected chi connectivity index (χ2v) is 14.0. The van der Waals surface area contributed by atoms with Crippen molar-refractivity contribution >= 4 is 17.3 Å². The van der Waals surface area contributed by atoms with Crippen molar-refractivity contribution in [2.75, 3.05) is 32.7 Å². The molecule has 0 bridgehead atoms. The molecule has 3 atom stereocenters. The van der Waals surface area contributed by atoms with Crippen LogP contribution >= 0.6 is 11.3 Å². The van der Waals surface area contributed by atoms with Gasteiger partial charge in [0.25, 0.3) is 0 Å². The lowest BCUT2D eigenvalue weighted by molar-refractivity contribution is -0.144. The molecule has 0 aliphatic carbocycles. The normalized spacial score (nSPS) is 22.0. The summed E-state index contributed by atoms with van der Waals surface area (Å²) in [5.41, 5.74) is 2.19. The first-order valence-corrected chi connectivity index (χ1v) is 15.4. The number of carboxylic acids is 1. The number of hydrogen-bond acceptors (Lipinski definition) is 5. The van der Waals surface area contributed by atoms with Gasteiger partial charge in [0.15, 0.2) is 0 Å². The van der Waals surface area contributed by atoms with Crippen LogP contribution < -0.4 is 0 Å². The first kappa shape index (κ1) is 28.9. The van der Waals surface area contributed by atoms with Crippen molar-refractivity contribution in [3.05, 3.63) is 87.6 Å². The van der Waals surface area contributed by atoms with Crippen molar-refractivity contribution in [3.63, 3.8) is 0 Å². The van der Waals surface area contributed by atoms with Gasteiger partial charge in [0.1, 0.15) is 11.9 Å². The molecule has 2 aliphatic rings. The van der Waals surface area contributed by atoms with E-state index in [4.69, 9.17) is 4.98 Å². The van der Waals surface area contributed by atoms with Crippen LogP contribution in [0.5, 0.6) is 0 Å². The van der Waals surface area contributed by atoms with Crippen molar-refractivity contribution in [2.45, 2.75) is 64.3 Å². The smallest absolute Gasteiger partial charge is 0.320 e. The molecule has 3 aromatic rings. The largest absolute Gasteiger partial charge is 0.480 e. The van der Waals surface area contributed by atoms with E-state index >= 15 is 0 Å². The van der Waals surface area contributed by atoms with Crippen LogP contribution in [0.3, 0.4) is 0 Å². The number of rotatable bonds is 9. The van der Waals surface area contributed by atoms with Crippen LogP contribution in [0.2, 0.25) is 0 Å².